The summed E-state index contributed by atoms with van der Waals surface area (Å²) in [5, 5.41) is 14.6. The van der Waals surface area contributed by atoms with Crippen LogP contribution in [0, 0.1) is 0 Å². The quantitative estimate of drug-likeness (QED) is 0.487. The summed E-state index contributed by atoms with van der Waals surface area (Å²) in [5.74, 6) is 0.826. The molecule has 0 aliphatic heterocycles. The van der Waals surface area contributed by atoms with E-state index < -0.39 is 0 Å². The van der Waals surface area contributed by atoms with Crippen LogP contribution in [0.15, 0.2) is 72.9 Å². The summed E-state index contributed by atoms with van der Waals surface area (Å²) in [4.78, 5) is 4.39. The number of nitrogen functional groups attached to an aromatic ring is 1. The maximum Gasteiger partial charge on any atom is 0.177 e. The van der Waals surface area contributed by atoms with Gasteiger partial charge < -0.3 is 5.73 Å². The Kier molecular flexibility index (Phi) is 3.76. The number of benzene rings is 2. The van der Waals surface area contributed by atoms with Crippen molar-refractivity contribution in [3.05, 3.63) is 84.3 Å². The summed E-state index contributed by atoms with van der Waals surface area (Å²) in [5.41, 5.74) is 11.3. The maximum absolute atomic E-state index is 5.92. The molecule has 3 aromatic heterocycles. The number of rotatable bonds is 3. The Morgan fingerprint density at radius 1 is 0.929 bits per heavy atom. The summed E-state index contributed by atoms with van der Waals surface area (Å²) >= 11 is 0. The van der Waals surface area contributed by atoms with Crippen molar-refractivity contribution in [3.8, 4) is 11.3 Å². The molecule has 5 aromatic rings. The summed E-state index contributed by atoms with van der Waals surface area (Å²) in [6, 6.07) is 21.9. The van der Waals surface area contributed by atoms with Crippen molar-refractivity contribution >= 4 is 22.2 Å². The molecule has 0 bridgehead atoms. The molecule has 0 aliphatic rings. The van der Waals surface area contributed by atoms with Gasteiger partial charge in [-0.25, -0.2) is 0 Å². The zero-order chi connectivity index (χ0) is 19.1. The van der Waals surface area contributed by atoms with Crippen molar-refractivity contribution in [2.45, 2.75) is 12.8 Å². The van der Waals surface area contributed by atoms with Crippen molar-refractivity contribution < 1.29 is 0 Å². The van der Waals surface area contributed by atoms with E-state index in [2.05, 4.69) is 40.3 Å². The summed E-state index contributed by atoms with van der Waals surface area (Å²) < 4.78 is 1.82. The first-order valence-corrected chi connectivity index (χ1v) is 9.12. The molecule has 0 fully saturated rings. The van der Waals surface area contributed by atoms with Crippen molar-refractivity contribution in [3.63, 3.8) is 0 Å². The molecule has 0 aliphatic carbocycles. The van der Waals surface area contributed by atoms with E-state index in [-0.39, 0.29) is 5.92 Å². The molecule has 6 nitrogen and oxygen atoms in total. The lowest BCUT2D eigenvalue weighted by molar-refractivity contribution is 0.753. The molecule has 0 saturated carbocycles. The molecule has 0 spiro atoms. The van der Waals surface area contributed by atoms with E-state index in [0.717, 1.165) is 39.2 Å². The van der Waals surface area contributed by atoms with Gasteiger partial charge in [0, 0.05) is 28.8 Å². The third kappa shape index (κ3) is 2.75. The van der Waals surface area contributed by atoms with Gasteiger partial charge in [-0.1, -0.05) is 31.2 Å². The highest BCUT2D eigenvalue weighted by molar-refractivity contribution is 5.79. The van der Waals surface area contributed by atoms with Crippen LogP contribution in [0.5, 0.6) is 0 Å². The minimum Gasteiger partial charge on any atom is -0.399 e. The standard InChI is InChI=1S/C22H18N6/c1-14(15-7-8-19-16(12-15)5-3-11-24-19)22-26-25-21-10-9-20(27-28(21)22)17-4-2-6-18(23)13-17/h2-14H,23H2,1H3/t14-/m1/s1. The van der Waals surface area contributed by atoms with Gasteiger partial charge in [-0.15, -0.1) is 10.2 Å². The molecular weight excluding hydrogens is 348 g/mol. The molecule has 0 amide bonds. The zero-order valence-electron chi connectivity index (χ0n) is 15.3. The van der Waals surface area contributed by atoms with Crippen molar-refractivity contribution in [2.24, 2.45) is 0 Å². The summed E-state index contributed by atoms with van der Waals surface area (Å²) in [7, 11) is 0. The number of anilines is 1. The first-order chi connectivity index (χ1) is 13.7. The largest absolute Gasteiger partial charge is 0.399 e. The SMILES string of the molecule is C[C@H](c1ccc2ncccc2c1)c1nnc2ccc(-c3cccc(N)c3)nn12. The number of hydrogen-bond acceptors (Lipinski definition) is 5. The molecule has 1 atom stereocenters. The van der Waals surface area contributed by atoms with Gasteiger partial charge in [0.1, 0.15) is 0 Å². The summed E-state index contributed by atoms with van der Waals surface area (Å²) in [6.45, 7) is 2.11. The molecule has 2 aromatic carbocycles. The van der Waals surface area contributed by atoms with Gasteiger partial charge in [0.05, 0.1) is 11.2 Å². The molecule has 0 saturated heterocycles. The Morgan fingerprint density at radius 2 is 1.86 bits per heavy atom. The predicted octanol–water partition coefficient (Wildman–Crippen LogP) is 4.07. The Bertz CT molecular complexity index is 1310. The Morgan fingerprint density at radius 3 is 2.75 bits per heavy atom. The van der Waals surface area contributed by atoms with Crippen LogP contribution in [0.1, 0.15) is 24.2 Å². The first-order valence-electron chi connectivity index (χ1n) is 9.12. The number of hydrogen-bond donors (Lipinski definition) is 1. The predicted molar refractivity (Wildman–Crippen MR) is 110 cm³/mol. The number of fused-ring (bicyclic) bond motifs is 2. The third-order valence-corrected chi connectivity index (χ3v) is 4.98. The van der Waals surface area contributed by atoms with Crippen LogP contribution in [0.25, 0.3) is 27.8 Å². The molecule has 6 heteroatoms. The highest BCUT2D eigenvalue weighted by atomic mass is 15.4. The van der Waals surface area contributed by atoms with Crippen LogP contribution < -0.4 is 5.73 Å². The second kappa shape index (κ2) is 6.42. The van der Waals surface area contributed by atoms with Gasteiger partial charge in [-0.3, -0.25) is 4.98 Å². The van der Waals surface area contributed by atoms with E-state index in [9.17, 15) is 0 Å². The number of nitrogens with two attached hydrogens (primary N) is 1. The topological polar surface area (TPSA) is 82.0 Å². The Hall–Kier alpha value is -3.80. The van der Waals surface area contributed by atoms with Crippen LogP contribution >= 0.6 is 0 Å². The molecule has 0 radical (unpaired) electrons. The second-order valence-corrected chi connectivity index (χ2v) is 6.85. The van der Waals surface area contributed by atoms with Gasteiger partial charge in [-0.05, 0) is 48.0 Å². The van der Waals surface area contributed by atoms with Gasteiger partial charge in [0.25, 0.3) is 0 Å². The Labute approximate surface area is 161 Å². The lowest BCUT2D eigenvalue weighted by Crippen LogP contribution is -2.06. The van der Waals surface area contributed by atoms with E-state index in [1.165, 1.54) is 0 Å². The molecule has 28 heavy (non-hydrogen) atoms. The van der Waals surface area contributed by atoms with E-state index in [0.29, 0.717) is 5.69 Å². The second-order valence-electron chi connectivity index (χ2n) is 6.85. The molecule has 5 rings (SSSR count). The van der Waals surface area contributed by atoms with E-state index in [4.69, 9.17) is 10.8 Å². The average molecular weight is 366 g/mol. The fourth-order valence-electron chi connectivity index (χ4n) is 3.44. The van der Waals surface area contributed by atoms with Gasteiger partial charge in [-0.2, -0.15) is 9.61 Å². The first kappa shape index (κ1) is 16.4. The van der Waals surface area contributed by atoms with Gasteiger partial charge in [0.15, 0.2) is 11.5 Å². The highest BCUT2D eigenvalue weighted by Crippen LogP contribution is 2.26. The maximum atomic E-state index is 5.92. The zero-order valence-corrected chi connectivity index (χ0v) is 15.3. The van der Waals surface area contributed by atoms with Gasteiger partial charge >= 0.3 is 0 Å². The van der Waals surface area contributed by atoms with E-state index in [1.54, 1.807) is 6.20 Å². The fourth-order valence-corrected chi connectivity index (χ4v) is 3.44. The van der Waals surface area contributed by atoms with Crippen molar-refractivity contribution in [1.29, 1.82) is 0 Å². The average Bonchev–Trinajstić information content (AvgIpc) is 3.16. The fraction of sp³-hybridized carbons (Fsp3) is 0.0909. The summed E-state index contributed by atoms with van der Waals surface area (Å²) in [6.07, 6.45) is 1.80. The van der Waals surface area contributed by atoms with Gasteiger partial charge in [0.2, 0.25) is 0 Å². The molecule has 0 unspecified atom stereocenters. The Balaban J connectivity index is 1.60. The number of aromatic nitrogens is 5. The van der Waals surface area contributed by atoms with E-state index >= 15 is 0 Å². The smallest absolute Gasteiger partial charge is 0.177 e. The molecule has 136 valence electrons. The van der Waals surface area contributed by atoms with E-state index in [1.807, 2.05) is 53.0 Å². The molecule has 3 heterocycles. The lowest BCUT2D eigenvalue weighted by atomic mass is 9.98. The number of pyridine rings is 1. The van der Waals surface area contributed by atoms with Crippen molar-refractivity contribution in [1.82, 2.24) is 24.8 Å². The monoisotopic (exact) mass is 366 g/mol. The van der Waals surface area contributed by atoms with Crippen LogP contribution in [-0.4, -0.2) is 24.8 Å². The minimum atomic E-state index is 0.0307. The van der Waals surface area contributed by atoms with Crippen LogP contribution in [0.3, 0.4) is 0 Å². The molecule has 2 N–H and O–H groups in total. The van der Waals surface area contributed by atoms with Crippen molar-refractivity contribution in [2.75, 3.05) is 5.73 Å². The van der Waals surface area contributed by atoms with Crippen LogP contribution in [0.2, 0.25) is 0 Å². The lowest BCUT2D eigenvalue weighted by Gasteiger charge is -2.11. The van der Waals surface area contributed by atoms with Crippen LogP contribution in [-0.2, 0) is 0 Å². The minimum absolute atomic E-state index is 0.0307. The number of nitrogens with zero attached hydrogens (tertiary/aromatic N) is 5. The highest BCUT2D eigenvalue weighted by Gasteiger charge is 2.17. The molecular formula is C22H18N6. The normalized spacial score (nSPS) is 12.5. The third-order valence-electron chi connectivity index (χ3n) is 4.98. The van der Waals surface area contributed by atoms with Crippen LogP contribution in [0.4, 0.5) is 5.69 Å².